The fraction of sp³-hybridized carbons (Fsp3) is 0.500. The molecule has 0 aromatic heterocycles. The number of methoxy groups -OCH3 is 2. The average Bonchev–Trinajstić information content (AvgIpc) is 2.88. The number of nitrogens with one attached hydrogen (secondary N) is 1. The van der Waals surface area contributed by atoms with Crippen LogP contribution in [0.25, 0.3) is 0 Å². The number of hydrogen-bond donors (Lipinski definition) is 1. The van der Waals surface area contributed by atoms with Crippen LogP contribution >= 0.6 is 23.2 Å². The number of aryl methyl sites for hydroxylation is 1. The highest BCUT2D eigenvalue weighted by Crippen LogP contribution is 2.29. The quantitative estimate of drug-likeness (QED) is 0.372. The fourth-order valence-electron chi connectivity index (χ4n) is 4.73. The van der Waals surface area contributed by atoms with Crippen molar-refractivity contribution in [1.29, 1.82) is 0 Å². The molecule has 196 valence electrons. The Balaban J connectivity index is 1.79. The van der Waals surface area contributed by atoms with Gasteiger partial charge in [-0.15, -0.1) is 0 Å². The summed E-state index contributed by atoms with van der Waals surface area (Å²) >= 11 is 12.5. The second kappa shape index (κ2) is 13.8. The van der Waals surface area contributed by atoms with Gasteiger partial charge in [0.2, 0.25) is 11.8 Å². The molecular formula is C28H36Cl2N2O4. The number of rotatable bonds is 11. The fourth-order valence-corrected chi connectivity index (χ4v) is 5.20. The van der Waals surface area contributed by atoms with Gasteiger partial charge in [0.25, 0.3) is 0 Å². The number of hydrogen-bond acceptors (Lipinski definition) is 4. The number of benzene rings is 2. The highest BCUT2D eigenvalue weighted by Gasteiger charge is 2.30. The maximum atomic E-state index is 13.6. The molecule has 3 rings (SSSR count). The van der Waals surface area contributed by atoms with Crippen LogP contribution in [0.2, 0.25) is 10.0 Å². The molecule has 1 fully saturated rings. The second-order valence-electron chi connectivity index (χ2n) is 9.21. The minimum absolute atomic E-state index is 0.103. The lowest BCUT2D eigenvalue weighted by Crippen LogP contribution is -2.51. The predicted molar refractivity (Wildman–Crippen MR) is 144 cm³/mol. The van der Waals surface area contributed by atoms with Crippen molar-refractivity contribution >= 4 is 35.0 Å². The summed E-state index contributed by atoms with van der Waals surface area (Å²) in [6.07, 6.45) is 6.67. The molecule has 6 nitrogen and oxygen atoms in total. The van der Waals surface area contributed by atoms with E-state index in [9.17, 15) is 9.59 Å². The highest BCUT2D eigenvalue weighted by atomic mass is 35.5. The van der Waals surface area contributed by atoms with Crippen molar-refractivity contribution in [3.05, 3.63) is 57.6 Å². The molecule has 1 N–H and O–H groups in total. The molecule has 0 bridgehead atoms. The third-order valence-corrected chi connectivity index (χ3v) is 7.36. The van der Waals surface area contributed by atoms with Gasteiger partial charge < -0.3 is 19.7 Å². The van der Waals surface area contributed by atoms with Crippen molar-refractivity contribution in [2.45, 2.75) is 76.9 Å². The van der Waals surface area contributed by atoms with Crippen LogP contribution in [-0.2, 0) is 22.6 Å². The molecule has 2 aromatic carbocycles. The lowest BCUT2D eigenvalue weighted by Gasteiger charge is -2.33. The lowest BCUT2D eigenvalue weighted by atomic mass is 9.95. The molecule has 2 aromatic rings. The van der Waals surface area contributed by atoms with Gasteiger partial charge in [-0.25, -0.2) is 0 Å². The van der Waals surface area contributed by atoms with E-state index in [1.165, 1.54) is 6.42 Å². The number of carbonyl (C=O) groups excluding carboxylic acids is 2. The molecule has 1 aliphatic carbocycles. The highest BCUT2D eigenvalue weighted by molar-refractivity contribution is 6.35. The Hall–Kier alpha value is -2.44. The van der Waals surface area contributed by atoms with Crippen LogP contribution in [0.15, 0.2) is 36.4 Å². The van der Waals surface area contributed by atoms with Gasteiger partial charge in [0, 0.05) is 29.1 Å². The summed E-state index contributed by atoms with van der Waals surface area (Å²) in [5.74, 6) is 1.04. The lowest BCUT2D eigenvalue weighted by molar-refractivity contribution is -0.141. The number of carbonyl (C=O) groups is 2. The summed E-state index contributed by atoms with van der Waals surface area (Å²) in [5.41, 5.74) is 1.70. The van der Waals surface area contributed by atoms with E-state index >= 15 is 0 Å². The molecule has 36 heavy (non-hydrogen) atoms. The summed E-state index contributed by atoms with van der Waals surface area (Å²) in [5, 5.41) is 4.20. The first-order valence-corrected chi connectivity index (χ1v) is 13.4. The van der Waals surface area contributed by atoms with Crippen LogP contribution < -0.4 is 14.8 Å². The first-order chi connectivity index (χ1) is 17.4. The summed E-state index contributed by atoms with van der Waals surface area (Å²) in [6, 6.07) is 10.4. The molecule has 0 saturated heterocycles. The number of ether oxygens (including phenoxy) is 2. The maximum absolute atomic E-state index is 13.6. The predicted octanol–water partition coefficient (Wildman–Crippen LogP) is 6.20. The Bertz CT molecular complexity index is 1040. The molecule has 0 spiro atoms. The molecule has 1 saturated carbocycles. The molecule has 0 heterocycles. The van der Waals surface area contributed by atoms with E-state index in [4.69, 9.17) is 32.7 Å². The Morgan fingerprint density at radius 3 is 2.39 bits per heavy atom. The van der Waals surface area contributed by atoms with E-state index in [0.29, 0.717) is 34.4 Å². The third-order valence-electron chi connectivity index (χ3n) is 6.77. The topological polar surface area (TPSA) is 67.9 Å². The van der Waals surface area contributed by atoms with Crippen LogP contribution in [-0.4, -0.2) is 43.0 Å². The summed E-state index contributed by atoms with van der Waals surface area (Å²) in [6.45, 7) is 2.17. The number of amides is 2. The van der Waals surface area contributed by atoms with Gasteiger partial charge in [-0.1, -0.05) is 61.5 Å². The van der Waals surface area contributed by atoms with Crippen molar-refractivity contribution in [3.8, 4) is 11.5 Å². The monoisotopic (exact) mass is 534 g/mol. The van der Waals surface area contributed by atoms with E-state index in [1.54, 1.807) is 31.3 Å². The number of halogens is 2. The van der Waals surface area contributed by atoms with Gasteiger partial charge in [-0.2, -0.15) is 0 Å². The van der Waals surface area contributed by atoms with Crippen molar-refractivity contribution < 1.29 is 19.1 Å². The van der Waals surface area contributed by atoms with E-state index in [-0.39, 0.29) is 30.8 Å². The Labute approximate surface area is 224 Å². The van der Waals surface area contributed by atoms with Crippen molar-refractivity contribution in [3.63, 3.8) is 0 Å². The van der Waals surface area contributed by atoms with Gasteiger partial charge in [-0.05, 0) is 61.1 Å². The van der Waals surface area contributed by atoms with Crippen LogP contribution in [0, 0.1) is 0 Å². The smallest absolute Gasteiger partial charge is 0.243 e. The van der Waals surface area contributed by atoms with Crippen molar-refractivity contribution in [1.82, 2.24) is 10.2 Å². The normalized spacial score (nSPS) is 14.7. The Morgan fingerprint density at radius 2 is 1.75 bits per heavy atom. The first-order valence-electron chi connectivity index (χ1n) is 12.6. The van der Waals surface area contributed by atoms with Crippen LogP contribution in [0.3, 0.4) is 0 Å². The van der Waals surface area contributed by atoms with Crippen molar-refractivity contribution in [2.75, 3.05) is 14.2 Å². The number of nitrogens with zero attached hydrogens (tertiary/aromatic N) is 1. The Morgan fingerprint density at radius 1 is 1.03 bits per heavy atom. The minimum Gasteiger partial charge on any atom is -0.493 e. The molecule has 1 atom stereocenters. The van der Waals surface area contributed by atoms with E-state index in [2.05, 4.69) is 5.32 Å². The summed E-state index contributed by atoms with van der Waals surface area (Å²) < 4.78 is 10.7. The zero-order chi connectivity index (χ0) is 26.1. The van der Waals surface area contributed by atoms with Gasteiger partial charge in [0.1, 0.15) is 6.04 Å². The van der Waals surface area contributed by atoms with E-state index in [1.807, 2.05) is 31.2 Å². The molecule has 0 radical (unpaired) electrons. The van der Waals surface area contributed by atoms with E-state index < -0.39 is 6.04 Å². The molecule has 8 heteroatoms. The summed E-state index contributed by atoms with van der Waals surface area (Å²) in [4.78, 5) is 28.6. The van der Waals surface area contributed by atoms with Crippen molar-refractivity contribution in [2.24, 2.45) is 0 Å². The zero-order valence-corrected chi connectivity index (χ0v) is 22.8. The average molecular weight is 536 g/mol. The third kappa shape index (κ3) is 7.53. The first kappa shape index (κ1) is 28.1. The molecule has 0 aliphatic heterocycles. The maximum Gasteiger partial charge on any atom is 0.243 e. The Kier molecular flexibility index (Phi) is 10.7. The second-order valence-corrected chi connectivity index (χ2v) is 10.1. The SMILES string of the molecule is CC[C@H](C(=O)NC1CCCCC1)N(Cc1ccc(Cl)cc1Cl)C(=O)CCc1ccc(OC)c(OC)c1. The van der Waals surface area contributed by atoms with E-state index in [0.717, 1.165) is 36.8 Å². The largest absolute Gasteiger partial charge is 0.493 e. The molecule has 0 unspecified atom stereocenters. The molecule has 1 aliphatic rings. The van der Waals surface area contributed by atoms with Gasteiger partial charge >= 0.3 is 0 Å². The summed E-state index contributed by atoms with van der Waals surface area (Å²) in [7, 11) is 3.17. The molecule has 2 amide bonds. The van der Waals surface area contributed by atoms with Crippen LogP contribution in [0.1, 0.15) is 63.0 Å². The standard InChI is InChI=1S/C28H36Cl2N2O4/c1-4-24(28(34)31-22-8-6-5-7-9-22)32(18-20-12-13-21(29)17-23(20)30)27(33)15-11-19-10-14-25(35-2)26(16-19)36-3/h10,12-14,16-17,22,24H,4-9,11,15,18H2,1-3H3,(H,31,34)/t24-/m1/s1. The van der Waals surface area contributed by atoms with Crippen LogP contribution in [0.5, 0.6) is 11.5 Å². The minimum atomic E-state index is -0.587. The van der Waals surface area contributed by atoms with Gasteiger partial charge in [0.05, 0.1) is 14.2 Å². The van der Waals surface area contributed by atoms with Gasteiger partial charge in [0.15, 0.2) is 11.5 Å². The zero-order valence-electron chi connectivity index (χ0n) is 21.3. The van der Waals surface area contributed by atoms with Crippen LogP contribution in [0.4, 0.5) is 0 Å². The van der Waals surface area contributed by atoms with Gasteiger partial charge in [-0.3, -0.25) is 9.59 Å². The molecular weight excluding hydrogens is 499 g/mol.